The van der Waals surface area contributed by atoms with Gasteiger partial charge in [-0.15, -0.1) is 11.8 Å². The fraction of sp³-hybridized carbons (Fsp3) is 0.154. The van der Waals surface area contributed by atoms with E-state index < -0.39 is 0 Å². The number of nitrogens with two attached hydrogens (primary N) is 1. The minimum Gasteiger partial charge on any atom is -0.369 e. The summed E-state index contributed by atoms with van der Waals surface area (Å²) in [6.07, 6.45) is 4.12. The Morgan fingerprint density at radius 1 is 1.53 bits per heavy atom. The van der Waals surface area contributed by atoms with Crippen LogP contribution >= 0.6 is 11.8 Å². The zero-order chi connectivity index (χ0) is 12.4. The van der Waals surface area contributed by atoms with E-state index in [2.05, 4.69) is 18.0 Å². The lowest BCUT2D eigenvalue weighted by molar-refractivity contribution is -0.117. The Bertz CT molecular complexity index is 520. The number of rotatable bonds is 3. The van der Waals surface area contributed by atoms with E-state index in [1.807, 2.05) is 24.5 Å². The van der Waals surface area contributed by atoms with Crippen molar-refractivity contribution in [2.24, 2.45) is 5.73 Å². The van der Waals surface area contributed by atoms with Crippen LogP contribution in [0.3, 0.4) is 0 Å². The van der Waals surface area contributed by atoms with Crippen molar-refractivity contribution in [1.29, 1.82) is 0 Å². The smallest absolute Gasteiger partial charge is 0.223 e. The first-order chi connectivity index (χ1) is 8.10. The summed E-state index contributed by atoms with van der Waals surface area (Å²) in [6, 6.07) is 6.13. The van der Waals surface area contributed by atoms with E-state index in [0.717, 1.165) is 22.5 Å². The summed E-state index contributed by atoms with van der Waals surface area (Å²) in [5, 5.41) is 3.20. The van der Waals surface area contributed by atoms with Gasteiger partial charge in [0.1, 0.15) is 0 Å². The van der Waals surface area contributed by atoms with Crippen molar-refractivity contribution in [3.8, 4) is 0 Å². The quantitative estimate of drug-likeness (QED) is 0.806. The van der Waals surface area contributed by atoms with Gasteiger partial charge in [0, 0.05) is 21.8 Å². The zero-order valence-electron chi connectivity index (χ0n) is 9.62. The van der Waals surface area contributed by atoms with Crippen LogP contribution in [0.4, 0.5) is 5.69 Å². The molecule has 0 bridgehead atoms. The molecule has 1 aromatic carbocycles. The van der Waals surface area contributed by atoms with E-state index in [9.17, 15) is 4.79 Å². The van der Waals surface area contributed by atoms with Crippen molar-refractivity contribution < 1.29 is 4.79 Å². The first-order valence-electron chi connectivity index (χ1n) is 5.23. The lowest BCUT2D eigenvalue weighted by Crippen LogP contribution is -2.16. The lowest BCUT2D eigenvalue weighted by atomic mass is 9.99. The number of hydrogen-bond acceptors (Lipinski definition) is 3. The molecule has 0 atom stereocenters. The van der Waals surface area contributed by atoms with Crippen molar-refractivity contribution in [3.05, 3.63) is 42.1 Å². The first-order valence-corrected chi connectivity index (χ1v) is 6.46. The second kappa shape index (κ2) is 4.67. The Labute approximate surface area is 105 Å². The summed E-state index contributed by atoms with van der Waals surface area (Å²) in [5.74, 6) is -0.347. The number of nitrogens with one attached hydrogen (secondary N) is 1. The monoisotopic (exact) mass is 246 g/mol. The summed E-state index contributed by atoms with van der Waals surface area (Å²) >= 11 is 1.69. The van der Waals surface area contributed by atoms with E-state index in [4.69, 9.17) is 5.73 Å². The Morgan fingerprint density at radius 3 is 2.94 bits per heavy atom. The molecular weight excluding hydrogens is 232 g/mol. The van der Waals surface area contributed by atoms with Crippen LogP contribution in [0.5, 0.6) is 0 Å². The molecule has 1 aromatic rings. The van der Waals surface area contributed by atoms with Crippen molar-refractivity contribution in [2.45, 2.75) is 11.3 Å². The van der Waals surface area contributed by atoms with Gasteiger partial charge in [0.25, 0.3) is 0 Å². The van der Waals surface area contributed by atoms with Crippen LogP contribution in [0.15, 0.2) is 41.4 Å². The number of thioether (sulfide) groups is 1. The highest BCUT2D eigenvalue weighted by molar-refractivity contribution is 7.98. The maximum absolute atomic E-state index is 10.9. The number of amides is 1. The van der Waals surface area contributed by atoms with Crippen molar-refractivity contribution >= 4 is 28.9 Å². The zero-order valence-corrected chi connectivity index (χ0v) is 10.4. The predicted molar refractivity (Wildman–Crippen MR) is 72.8 cm³/mol. The normalized spacial score (nSPS) is 13.7. The lowest BCUT2D eigenvalue weighted by Gasteiger charge is -2.20. The number of benzene rings is 1. The van der Waals surface area contributed by atoms with Gasteiger partial charge < -0.3 is 11.1 Å². The average molecular weight is 246 g/mol. The molecule has 1 amide bonds. The summed E-state index contributed by atoms with van der Waals surface area (Å²) < 4.78 is 0. The summed E-state index contributed by atoms with van der Waals surface area (Å²) in [7, 11) is 0. The van der Waals surface area contributed by atoms with Crippen molar-refractivity contribution in [1.82, 2.24) is 0 Å². The number of hydrogen-bond donors (Lipinski definition) is 2. The second-order valence-corrected chi connectivity index (χ2v) is 4.75. The van der Waals surface area contributed by atoms with Crippen molar-refractivity contribution in [3.63, 3.8) is 0 Å². The van der Waals surface area contributed by atoms with E-state index in [1.54, 1.807) is 11.8 Å². The fourth-order valence-electron chi connectivity index (χ4n) is 1.81. The van der Waals surface area contributed by atoms with Gasteiger partial charge in [-0.3, -0.25) is 4.79 Å². The highest BCUT2D eigenvalue weighted by Crippen LogP contribution is 2.33. The maximum Gasteiger partial charge on any atom is 0.223 e. The molecule has 88 valence electrons. The number of allylic oxidation sites excluding steroid dienone is 2. The van der Waals surface area contributed by atoms with Crippen LogP contribution in [-0.2, 0) is 4.79 Å². The van der Waals surface area contributed by atoms with Crippen LogP contribution < -0.4 is 11.1 Å². The van der Waals surface area contributed by atoms with Gasteiger partial charge in [0.15, 0.2) is 0 Å². The Hall–Kier alpha value is -1.68. The van der Waals surface area contributed by atoms with E-state index in [0.29, 0.717) is 0 Å². The summed E-state index contributed by atoms with van der Waals surface area (Å²) in [6.45, 7) is 4.01. The van der Waals surface area contributed by atoms with Crippen molar-refractivity contribution in [2.75, 3.05) is 11.6 Å². The molecule has 1 aliphatic heterocycles. The molecule has 0 saturated heterocycles. The van der Waals surface area contributed by atoms with Gasteiger partial charge in [0.2, 0.25) is 5.91 Å². The third kappa shape index (κ3) is 2.53. The molecular formula is C13H14N2OS. The number of primary amides is 1. The molecule has 0 saturated carbocycles. The third-order valence-corrected chi connectivity index (χ3v) is 3.31. The molecule has 4 heteroatoms. The van der Waals surface area contributed by atoms with Crippen LogP contribution in [0, 0.1) is 0 Å². The van der Waals surface area contributed by atoms with Crippen LogP contribution in [0.2, 0.25) is 0 Å². The number of carbonyl (C=O) groups excluding carboxylic acids is 1. The van der Waals surface area contributed by atoms with Gasteiger partial charge in [-0.1, -0.05) is 6.58 Å². The van der Waals surface area contributed by atoms with Gasteiger partial charge in [-0.25, -0.2) is 0 Å². The highest BCUT2D eigenvalue weighted by Gasteiger charge is 2.14. The molecule has 17 heavy (non-hydrogen) atoms. The maximum atomic E-state index is 10.9. The Morgan fingerprint density at radius 2 is 2.29 bits per heavy atom. The second-order valence-electron chi connectivity index (χ2n) is 3.87. The molecule has 2 rings (SSSR count). The topological polar surface area (TPSA) is 55.1 Å². The van der Waals surface area contributed by atoms with Crippen LogP contribution in [0.1, 0.15) is 12.0 Å². The molecule has 0 spiro atoms. The molecule has 0 unspecified atom stereocenters. The minimum atomic E-state index is -0.347. The largest absolute Gasteiger partial charge is 0.369 e. The van der Waals surface area contributed by atoms with Crippen LogP contribution in [-0.4, -0.2) is 12.2 Å². The van der Waals surface area contributed by atoms with E-state index in [-0.39, 0.29) is 12.3 Å². The molecule has 1 aliphatic rings. The van der Waals surface area contributed by atoms with E-state index >= 15 is 0 Å². The van der Waals surface area contributed by atoms with Gasteiger partial charge in [-0.2, -0.15) is 0 Å². The SMILES string of the molecule is C=C1C=C(CC(N)=O)Nc2ccc(SC)cc21. The molecule has 1 heterocycles. The van der Waals surface area contributed by atoms with E-state index in [1.165, 1.54) is 4.90 Å². The molecule has 0 aromatic heterocycles. The molecule has 3 nitrogen and oxygen atoms in total. The number of anilines is 1. The molecule has 0 aliphatic carbocycles. The molecule has 0 fully saturated rings. The average Bonchev–Trinajstić information content (AvgIpc) is 2.28. The molecule has 0 radical (unpaired) electrons. The Balaban J connectivity index is 2.32. The third-order valence-electron chi connectivity index (χ3n) is 2.58. The van der Waals surface area contributed by atoms with Crippen LogP contribution in [0.25, 0.3) is 5.57 Å². The standard InChI is InChI=1S/C13H14N2OS/c1-8-5-9(6-13(14)16)15-12-4-3-10(17-2)7-11(8)12/h3-5,7,15H,1,6H2,2H3,(H2,14,16). The molecule has 3 N–H and O–H groups in total. The van der Waals surface area contributed by atoms with Gasteiger partial charge >= 0.3 is 0 Å². The van der Waals surface area contributed by atoms with Gasteiger partial charge in [0.05, 0.1) is 6.42 Å². The highest BCUT2D eigenvalue weighted by atomic mass is 32.2. The van der Waals surface area contributed by atoms with Gasteiger partial charge in [-0.05, 0) is 36.1 Å². The fourth-order valence-corrected chi connectivity index (χ4v) is 2.24. The number of fused-ring (bicyclic) bond motifs is 1. The first kappa shape index (κ1) is 11.8. The predicted octanol–water partition coefficient (Wildman–Crippen LogP) is 2.61. The summed E-state index contributed by atoms with van der Waals surface area (Å²) in [4.78, 5) is 12.1. The summed E-state index contributed by atoms with van der Waals surface area (Å²) in [5.41, 5.74) is 8.94. The minimum absolute atomic E-state index is 0.211. The Kier molecular flexibility index (Phi) is 3.24. The number of carbonyl (C=O) groups is 1.